The quantitative estimate of drug-likeness (QED) is 0.488. The smallest absolute Gasteiger partial charge is 0.261 e. The predicted molar refractivity (Wildman–Crippen MR) is 113 cm³/mol. The van der Waals surface area contributed by atoms with E-state index in [1.54, 1.807) is 42.9 Å². The summed E-state index contributed by atoms with van der Waals surface area (Å²) < 4.78 is 9.18. The number of aryl methyl sites for hydroxylation is 1. The first-order valence-electron chi connectivity index (χ1n) is 9.62. The Morgan fingerprint density at radius 1 is 1.03 bits per heavy atom. The van der Waals surface area contributed by atoms with Gasteiger partial charge < -0.3 is 14.6 Å². The lowest BCUT2D eigenvalue weighted by Gasteiger charge is -2.13. The summed E-state index contributed by atoms with van der Waals surface area (Å²) in [6.45, 7) is 1.34. The van der Waals surface area contributed by atoms with Crippen LogP contribution in [0.15, 0.2) is 78.4 Å². The summed E-state index contributed by atoms with van der Waals surface area (Å²) in [6.07, 6.45) is 6.92. The van der Waals surface area contributed by atoms with Crippen LogP contribution < -0.4 is 15.6 Å². The monoisotopic (exact) mass is 403 g/mol. The number of nitrogens with one attached hydrogen (secondary N) is 1. The van der Waals surface area contributed by atoms with Gasteiger partial charge in [-0.3, -0.25) is 14.2 Å². The van der Waals surface area contributed by atoms with E-state index in [1.165, 1.54) is 10.9 Å². The zero-order chi connectivity index (χ0) is 20.8. The van der Waals surface area contributed by atoms with E-state index in [0.717, 1.165) is 0 Å². The van der Waals surface area contributed by atoms with Crippen LogP contribution in [-0.2, 0) is 17.9 Å². The molecule has 1 N–H and O–H groups in total. The molecule has 0 saturated heterocycles. The van der Waals surface area contributed by atoms with E-state index in [2.05, 4.69) is 15.3 Å². The number of hydrogen-bond acceptors (Lipinski definition) is 5. The van der Waals surface area contributed by atoms with Crippen molar-refractivity contribution in [1.29, 1.82) is 0 Å². The molecular weight excluding hydrogens is 382 g/mol. The van der Waals surface area contributed by atoms with Crippen LogP contribution in [0.4, 0.5) is 5.69 Å². The van der Waals surface area contributed by atoms with Crippen LogP contribution in [0.2, 0.25) is 0 Å². The number of hydrogen-bond donors (Lipinski definition) is 1. The van der Waals surface area contributed by atoms with Gasteiger partial charge in [0, 0.05) is 25.4 Å². The topological polar surface area (TPSA) is 91.0 Å². The van der Waals surface area contributed by atoms with E-state index < -0.39 is 0 Å². The van der Waals surface area contributed by atoms with Crippen molar-refractivity contribution >= 4 is 22.5 Å². The van der Waals surface area contributed by atoms with Crippen molar-refractivity contribution in [2.45, 2.75) is 19.5 Å². The van der Waals surface area contributed by atoms with Crippen LogP contribution in [0.3, 0.4) is 0 Å². The van der Waals surface area contributed by atoms with Crippen LogP contribution in [0.1, 0.15) is 6.42 Å². The highest BCUT2D eigenvalue weighted by Crippen LogP contribution is 2.24. The molecule has 8 nitrogen and oxygen atoms in total. The molecule has 2 aromatic carbocycles. The molecule has 8 heteroatoms. The Labute approximate surface area is 172 Å². The molecule has 30 heavy (non-hydrogen) atoms. The number of carbonyl (C=O) groups excluding carboxylic acids is 1. The first-order valence-corrected chi connectivity index (χ1v) is 9.62. The summed E-state index contributed by atoms with van der Waals surface area (Å²) in [6, 6.07) is 14.4. The fourth-order valence-corrected chi connectivity index (χ4v) is 3.08. The highest BCUT2D eigenvalue weighted by molar-refractivity contribution is 5.92. The Hall–Kier alpha value is -3.94. The second-order valence-corrected chi connectivity index (χ2v) is 6.70. The van der Waals surface area contributed by atoms with Crippen molar-refractivity contribution in [3.63, 3.8) is 0 Å². The van der Waals surface area contributed by atoms with Gasteiger partial charge in [0.2, 0.25) is 5.91 Å². The third-order valence-electron chi connectivity index (χ3n) is 4.64. The first kappa shape index (κ1) is 19.4. The van der Waals surface area contributed by atoms with Crippen molar-refractivity contribution in [1.82, 2.24) is 19.1 Å². The summed E-state index contributed by atoms with van der Waals surface area (Å²) in [5.41, 5.74) is 1.08. The number of ether oxygens (including phenoxy) is 1. The van der Waals surface area contributed by atoms with Gasteiger partial charge in [-0.05, 0) is 24.3 Å². The summed E-state index contributed by atoms with van der Waals surface area (Å²) in [5, 5.41) is 3.40. The summed E-state index contributed by atoms with van der Waals surface area (Å²) in [4.78, 5) is 33.3. The largest absolute Gasteiger partial charge is 0.490 e. The molecular formula is C22H21N5O3. The zero-order valence-electron chi connectivity index (χ0n) is 16.3. The minimum atomic E-state index is -0.208. The fourth-order valence-electron chi connectivity index (χ4n) is 3.08. The van der Waals surface area contributed by atoms with E-state index >= 15 is 0 Å². The average molecular weight is 403 g/mol. The van der Waals surface area contributed by atoms with Crippen LogP contribution >= 0.6 is 0 Å². The normalized spacial score (nSPS) is 10.8. The van der Waals surface area contributed by atoms with Crippen molar-refractivity contribution in [3.05, 3.63) is 83.9 Å². The molecule has 0 bridgehead atoms. The lowest BCUT2D eigenvalue weighted by molar-refractivity contribution is -0.116. The lowest BCUT2D eigenvalue weighted by atomic mass is 10.2. The molecule has 0 aliphatic heterocycles. The van der Waals surface area contributed by atoms with Gasteiger partial charge in [-0.1, -0.05) is 24.3 Å². The molecule has 0 atom stereocenters. The lowest BCUT2D eigenvalue weighted by Crippen LogP contribution is -2.23. The Morgan fingerprint density at radius 2 is 1.87 bits per heavy atom. The second kappa shape index (κ2) is 9.04. The minimum absolute atomic E-state index is 0.142. The number of benzene rings is 2. The van der Waals surface area contributed by atoms with Crippen molar-refractivity contribution in [2.75, 3.05) is 11.9 Å². The van der Waals surface area contributed by atoms with Crippen LogP contribution in [0.5, 0.6) is 5.75 Å². The number of para-hydroxylation sites is 3. The maximum Gasteiger partial charge on any atom is 0.261 e. The van der Waals surface area contributed by atoms with Gasteiger partial charge in [-0.15, -0.1) is 0 Å². The Morgan fingerprint density at radius 3 is 2.73 bits per heavy atom. The summed E-state index contributed by atoms with van der Waals surface area (Å²) >= 11 is 0. The van der Waals surface area contributed by atoms with E-state index in [-0.39, 0.29) is 24.4 Å². The number of rotatable bonds is 8. The first-order chi connectivity index (χ1) is 14.7. The molecule has 0 fully saturated rings. The third kappa shape index (κ3) is 4.54. The Kier molecular flexibility index (Phi) is 5.84. The van der Waals surface area contributed by atoms with E-state index in [1.807, 2.05) is 29.0 Å². The molecule has 2 heterocycles. The minimum Gasteiger partial charge on any atom is -0.490 e. The maximum absolute atomic E-state index is 12.5. The van der Waals surface area contributed by atoms with Gasteiger partial charge in [0.1, 0.15) is 12.4 Å². The predicted octanol–water partition coefficient (Wildman–Crippen LogP) is 2.70. The van der Waals surface area contributed by atoms with Crippen molar-refractivity contribution in [3.8, 4) is 5.75 Å². The van der Waals surface area contributed by atoms with Crippen molar-refractivity contribution < 1.29 is 9.53 Å². The number of carbonyl (C=O) groups is 1. The highest BCUT2D eigenvalue weighted by atomic mass is 16.5. The summed E-state index contributed by atoms with van der Waals surface area (Å²) in [7, 11) is 0. The molecule has 0 radical (unpaired) electrons. The summed E-state index contributed by atoms with van der Waals surface area (Å²) in [5.74, 6) is 0.385. The molecule has 0 aliphatic rings. The van der Waals surface area contributed by atoms with Crippen LogP contribution in [0.25, 0.3) is 10.9 Å². The molecule has 0 unspecified atom stereocenters. The molecule has 1 amide bonds. The average Bonchev–Trinajstić information content (AvgIpc) is 3.28. The van der Waals surface area contributed by atoms with Gasteiger partial charge in [0.15, 0.2) is 0 Å². The van der Waals surface area contributed by atoms with Gasteiger partial charge in [0.05, 0.1) is 35.8 Å². The van der Waals surface area contributed by atoms with Gasteiger partial charge in [-0.25, -0.2) is 9.97 Å². The molecule has 152 valence electrons. The number of aromatic nitrogens is 4. The highest BCUT2D eigenvalue weighted by Gasteiger charge is 2.10. The second-order valence-electron chi connectivity index (χ2n) is 6.70. The molecule has 2 aromatic heterocycles. The molecule has 0 aliphatic carbocycles. The molecule has 0 saturated carbocycles. The van der Waals surface area contributed by atoms with Crippen LogP contribution in [0, 0.1) is 0 Å². The standard InChI is InChI=1S/C22H21N5O3/c28-21(9-11-27-16-24-18-6-2-1-5-17(18)22(27)29)25-19-7-3-4-8-20(19)30-14-13-26-12-10-23-15-26/h1-8,10,12,15-16H,9,11,13-14H2,(H,25,28). The van der Waals surface area contributed by atoms with Gasteiger partial charge >= 0.3 is 0 Å². The van der Waals surface area contributed by atoms with Crippen LogP contribution in [-0.4, -0.2) is 31.6 Å². The van der Waals surface area contributed by atoms with Gasteiger partial charge in [0.25, 0.3) is 5.56 Å². The number of nitrogens with zero attached hydrogens (tertiary/aromatic N) is 4. The SMILES string of the molecule is O=C(CCn1cnc2ccccc2c1=O)Nc1ccccc1OCCn1ccnc1. The molecule has 4 rings (SSSR count). The number of imidazole rings is 1. The van der Waals surface area contributed by atoms with E-state index in [9.17, 15) is 9.59 Å². The molecule has 0 spiro atoms. The fraction of sp³-hybridized carbons (Fsp3) is 0.182. The Balaban J connectivity index is 1.36. The van der Waals surface area contributed by atoms with Crippen molar-refractivity contribution in [2.24, 2.45) is 0 Å². The van der Waals surface area contributed by atoms with Gasteiger partial charge in [-0.2, -0.15) is 0 Å². The number of amides is 1. The number of anilines is 1. The third-order valence-corrected chi connectivity index (χ3v) is 4.64. The van der Waals surface area contributed by atoms with E-state index in [0.29, 0.717) is 35.5 Å². The van der Waals surface area contributed by atoms with E-state index in [4.69, 9.17) is 4.74 Å². The molecule has 4 aromatic rings. The maximum atomic E-state index is 12.5. The number of fused-ring (bicyclic) bond motifs is 1. The Bertz CT molecular complexity index is 1200. The zero-order valence-corrected chi connectivity index (χ0v) is 16.3.